The molecule has 1 aliphatic carbocycles. The molecule has 1 saturated carbocycles. The molecule has 0 aromatic carbocycles. The SMILES string of the molecule is CC(=O)c1coc(C(CCCC2CCCCC2)CC(=O)NO)n1. The number of hydrogen-bond donors (Lipinski definition) is 2. The lowest BCUT2D eigenvalue weighted by molar-refractivity contribution is -0.129. The van der Waals surface area contributed by atoms with Crippen LogP contribution in [0.1, 0.15) is 87.0 Å². The number of oxazole rings is 1. The van der Waals surface area contributed by atoms with Gasteiger partial charge in [0.05, 0.1) is 0 Å². The van der Waals surface area contributed by atoms with Crippen LogP contribution in [0.4, 0.5) is 0 Å². The molecule has 1 amide bonds. The van der Waals surface area contributed by atoms with Crippen LogP contribution < -0.4 is 5.48 Å². The monoisotopic (exact) mass is 322 g/mol. The molecule has 2 rings (SSSR count). The fourth-order valence-electron chi connectivity index (χ4n) is 3.35. The Hall–Kier alpha value is -1.69. The van der Waals surface area contributed by atoms with Gasteiger partial charge in [-0.1, -0.05) is 44.9 Å². The van der Waals surface area contributed by atoms with Crippen LogP contribution in [0.15, 0.2) is 10.7 Å². The molecule has 0 spiro atoms. The molecule has 0 radical (unpaired) electrons. The largest absolute Gasteiger partial charge is 0.448 e. The lowest BCUT2D eigenvalue weighted by Gasteiger charge is -2.22. The summed E-state index contributed by atoms with van der Waals surface area (Å²) >= 11 is 0. The van der Waals surface area contributed by atoms with E-state index >= 15 is 0 Å². The van der Waals surface area contributed by atoms with Gasteiger partial charge in [0, 0.05) is 19.3 Å². The number of nitrogens with one attached hydrogen (secondary N) is 1. The highest BCUT2D eigenvalue weighted by Crippen LogP contribution is 2.31. The van der Waals surface area contributed by atoms with Crippen LogP contribution in [0.2, 0.25) is 0 Å². The second-order valence-corrected chi connectivity index (χ2v) is 6.50. The average Bonchev–Trinajstić information content (AvgIpc) is 3.05. The number of hydrogen-bond acceptors (Lipinski definition) is 5. The predicted molar refractivity (Wildman–Crippen MR) is 84.2 cm³/mol. The molecule has 0 aliphatic heterocycles. The molecule has 0 bridgehead atoms. The summed E-state index contributed by atoms with van der Waals surface area (Å²) in [5, 5.41) is 8.75. The van der Waals surface area contributed by atoms with Gasteiger partial charge < -0.3 is 4.42 Å². The zero-order valence-corrected chi connectivity index (χ0v) is 13.7. The van der Waals surface area contributed by atoms with E-state index in [1.54, 1.807) is 5.48 Å². The molecular weight excluding hydrogens is 296 g/mol. The molecule has 1 aromatic rings. The van der Waals surface area contributed by atoms with E-state index in [1.165, 1.54) is 45.3 Å². The van der Waals surface area contributed by atoms with Crippen molar-refractivity contribution in [2.45, 2.75) is 70.6 Å². The summed E-state index contributed by atoms with van der Waals surface area (Å²) < 4.78 is 5.38. The molecule has 128 valence electrons. The highest BCUT2D eigenvalue weighted by molar-refractivity contribution is 5.91. The van der Waals surface area contributed by atoms with Gasteiger partial charge in [-0.25, -0.2) is 10.5 Å². The second kappa shape index (κ2) is 8.82. The van der Waals surface area contributed by atoms with Gasteiger partial charge in [-0.05, 0) is 12.3 Å². The van der Waals surface area contributed by atoms with Gasteiger partial charge in [-0.15, -0.1) is 0 Å². The first-order valence-electron chi connectivity index (χ1n) is 8.49. The van der Waals surface area contributed by atoms with E-state index in [2.05, 4.69) is 4.98 Å². The number of carbonyl (C=O) groups is 2. The summed E-state index contributed by atoms with van der Waals surface area (Å²) in [7, 11) is 0. The first-order chi connectivity index (χ1) is 11.1. The maximum atomic E-state index is 11.5. The third-order valence-electron chi connectivity index (χ3n) is 4.68. The number of ketones is 1. The lowest BCUT2D eigenvalue weighted by atomic mass is 9.84. The van der Waals surface area contributed by atoms with Gasteiger partial charge in [-0.3, -0.25) is 14.8 Å². The summed E-state index contributed by atoms with van der Waals surface area (Å²) in [6.45, 7) is 1.43. The van der Waals surface area contributed by atoms with Gasteiger partial charge in [0.15, 0.2) is 11.7 Å². The molecular formula is C17H26N2O4. The van der Waals surface area contributed by atoms with Crippen LogP contribution in [0.5, 0.6) is 0 Å². The highest BCUT2D eigenvalue weighted by Gasteiger charge is 2.23. The summed E-state index contributed by atoms with van der Waals surface area (Å²) in [6, 6.07) is 0. The van der Waals surface area contributed by atoms with Gasteiger partial charge >= 0.3 is 0 Å². The minimum absolute atomic E-state index is 0.110. The van der Waals surface area contributed by atoms with E-state index in [0.717, 1.165) is 25.2 Å². The van der Waals surface area contributed by atoms with E-state index in [1.807, 2.05) is 0 Å². The number of hydroxylamine groups is 1. The van der Waals surface area contributed by atoms with E-state index in [-0.39, 0.29) is 23.8 Å². The summed E-state index contributed by atoms with van der Waals surface area (Å²) in [4.78, 5) is 27.0. The zero-order valence-electron chi connectivity index (χ0n) is 13.7. The Morgan fingerprint density at radius 3 is 2.74 bits per heavy atom. The minimum Gasteiger partial charge on any atom is -0.448 e. The number of amides is 1. The topological polar surface area (TPSA) is 92.4 Å². The first kappa shape index (κ1) is 17.7. The van der Waals surface area contributed by atoms with Gasteiger partial charge in [0.25, 0.3) is 0 Å². The summed E-state index contributed by atoms with van der Waals surface area (Å²) in [5.41, 5.74) is 1.94. The number of aromatic nitrogens is 1. The molecule has 2 N–H and O–H groups in total. The molecule has 1 atom stereocenters. The summed E-state index contributed by atoms with van der Waals surface area (Å²) in [6.07, 6.45) is 10.9. The molecule has 1 fully saturated rings. The van der Waals surface area contributed by atoms with Crippen molar-refractivity contribution < 1.29 is 19.2 Å². The van der Waals surface area contributed by atoms with Gasteiger partial charge in [0.2, 0.25) is 5.91 Å². The Bertz CT molecular complexity index is 520. The molecule has 1 heterocycles. The smallest absolute Gasteiger partial charge is 0.244 e. The fraction of sp³-hybridized carbons (Fsp3) is 0.706. The van der Waals surface area contributed by atoms with Crippen LogP contribution in [0, 0.1) is 5.92 Å². The predicted octanol–water partition coefficient (Wildman–Crippen LogP) is 3.61. The molecule has 1 aliphatic rings. The quantitative estimate of drug-likeness (QED) is 0.433. The van der Waals surface area contributed by atoms with Crippen molar-refractivity contribution in [1.29, 1.82) is 0 Å². The third kappa shape index (κ3) is 5.46. The Balaban J connectivity index is 1.92. The van der Waals surface area contributed by atoms with E-state index in [0.29, 0.717) is 5.89 Å². The lowest BCUT2D eigenvalue weighted by Crippen LogP contribution is -2.21. The first-order valence-corrected chi connectivity index (χ1v) is 8.49. The maximum Gasteiger partial charge on any atom is 0.244 e. The minimum atomic E-state index is -0.463. The molecule has 6 nitrogen and oxygen atoms in total. The number of rotatable bonds is 8. The van der Waals surface area contributed by atoms with Crippen molar-refractivity contribution >= 4 is 11.7 Å². The second-order valence-electron chi connectivity index (χ2n) is 6.50. The number of nitrogens with zero attached hydrogens (tertiary/aromatic N) is 1. The van der Waals surface area contributed by atoms with E-state index in [9.17, 15) is 9.59 Å². The van der Waals surface area contributed by atoms with E-state index < -0.39 is 5.91 Å². The normalized spacial score (nSPS) is 17.0. The van der Waals surface area contributed by atoms with Crippen LogP contribution in [-0.2, 0) is 4.79 Å². The van der Waals surface area contributed by atoms with Crippen molar-refractivity contribution in [3.05, 3.63) is 17.8 Å². The van der Waals surface area contributed by atoms with Crippen LogP contribution >= 0.6 is 0 Å². The zero-order chi connectivity index (χ0) is 16.7. The third-order valence-corrected chi connectivity index (χ3v) is 4.68. The molecule has 0 saturated heterocycles. The van der Waals surface area contributed by atoms with Gasteiger partial charge in [-0.2, -0.15) is 0 Å². The number of carbonyl (C=O) groups excluding carboxylic acids is 2. The fourth-order valence-corrected chi connectivity index (χ4v) is 3.35. The molecule has 1 unspecified atom stereocenters. The summed E-state index contributed by atoms with van der Waals surface area (Å²) in [5.74, 6) is 0.359. The van der Waals surface area contributed by atoms with E-state index in [4.69, 9.17) is 9.62 Å². The van der Waals surface area contributed by atoms with Crippen LogP contribution in [0.3, 0.4) is 0 Å². The average molecular weight is 322 g/mol. The van der Waals surface area contributed by atoms with Crippen molar-refractivity contribution in [3.8, 4) is 0 Å². The van der Waals surface area contributed by atoms with Crippen molar-refractivity contribution in [1.82, 2.24) is 10.5 Å². The van der Waals surface area contributed by atoms with Crippen molar-refractivity contribution in [3.63, 3.8) is 0 Å². The van der Waals surface area contributed by atoms with Crippen LogP contribution in [-0.4, -0.2) is 21.9 Å². The molecule has 1 aromatic heterocycles. The van der Waals surface area contributed by atoms with Crippen molar-refractivity contribution in [2.75, 3.05) is 0 Å². The van der Waals surface area contributed by atoms with Crippen LogP contribution in [0.25, 0.3) is 0 Å². The number of Topliss-reactive ketones (excluding diaryl/α,β-unsaturated/α-hetero) is 1. The highest BCUT2D eigenvalue weighted by atomic mass is 16.5. The Morgan fingerprint density at radius 2 is 2.13 bits per heavy atom. The molecule has 6 heteroatoms. The van der Waals surface area contributed by atoms with Gasteiger partial charge in [0.1, 0.15) is 12.0 Å². The molecule has 23 heavy (non-hydrogen) atoms. The maximum absolute atomic E-state index is 11.5. The standard InChI is InChI=1S/C17H26N2O4/c1-12(20)15-11-23-17(18-15)14(10-16(21)19-22)9-5-8-13-6-3-2-4-7-13/h11,13-14,22H,2-10H2,1H3,(H,19,21). The Labute approximate surface area is 136 Å². The Kier molecular flexibility index (Phi) is 6.77. The van der Waals surface area contributed by atoms with Crippen molar-refractivity contribution in [2.24, 2.45) is 5.92 Å². The Morgan fingerprint density at radius 1 is 1.39 bits per heavy atom.